The number of carbonyl (C=O) groups is 2. The zero-order valence-corrected chi connectivity index (χ0v) is 13.9. The van der Waals surface area contributed by atoms with Gasteiger partial charge in [-0.1, -0.05) is 23.4 Å². The predicted molar refractivity (Wildman–Crippen MR) is 86.9 cm³/mol. The fraction of sp³-hybridized carbons (Fsp3) is 0.400. The molecular formula is C15H16N6O2S. The topological polar surface area (TPSA) is 104 Å². The molecule has 8 nitrogen and oxygen atoms in total. The number of H-pyrrole nitrogens is 1. The summed E-state index contributed by atoms with van der Waals surface area (Å²) < 4.78 is -0.267. The maximum absolute atomic E-state index is 12.6. The van der Waals surface area contributed by atoms with Gasteiger partial charge in [0.1, 0.15) is 17.5 Å². The average Bonchev–Trinajstić information content (AvgIpc) is 3.17. The summed E-state index contributed by atoms with van der Waals surface area (Å²) in [4.78, 5) is 26.7. The fourth-order valence-electron chi connectivity index (χ4n) is 3.26. The minimum Gasteiger partial charge on any atom is -0.338 e. The van der Waals surface area contributed by atoms with Gasteiger partial charge in [0.15, 0.2) is 5.82 Å². The van der Waals surface area contributed by atoms with Gasteiger partial charge in [0.2, 0.25) is 5.91 Å². The second kappa shape index (κ2) is 5.30. The largest absolute Gasteiger partial charge is 0.338 e. The van der Waals surface area contributed by atoms with Gasteiger partial charge < -0.3 is 10.2 Å². The Hall–Kier alpha value is -2.42. The number of aromatic nitrogens is 4. The van der Waals surface area contributed by atoms with Crippen molar-refractivity contribution in [1.82, 2.24) is 30.8 Å². The van der Waals surface area contributed by atoms with Crippen molar-refractivity contribution in [2.75, 3.05) is 0 Å². The van der Waals surface area contributed by atoms with E-state index < -0.39 is 6.04 Å². The summed E-state index contributed by atoms with van der Waals surface area (Å²) in [5.41, 5.74) is 0.542. The lowest BCUT2D eigenvalue weighted by molar-refractivity contribution is -0.148. The number of tetrazole rings is 1. The Labute approximate surface area is 142 Å². The Morgan fingerprint density at radius 1 is 1.33 bits per heavy atom. The molecule has 0 aliphatic carbocycles. The normalized spacial score (nSPS) is 27.5. The van der Waals surface area contributed by atoms with Gasteiger partial charge in [0.25, 0.3) is 5.91 Å². The van der Waals surface area contributed by atoms with Crippen molar-refractivity contribution >= 4 is 23.6 Å². The van der Waals surface area contributed by atoms with Gasteiger partial charge in [-0.15, -0.1) is 22.0 Å². The fourth-order valence-corrected chi connectivity index (χ4v) is 4.89. The van der Waals surface area contributed by atoms with Crippen LogP contribution in [-0.4, -0.2) is 53.5 Å². The molecule has 1 aromatic heterocycles. The lowest BCUT2D eigenvalue weighted by atomic mass is 9.95. The second-order valence-electron chi connectivity index (χ2n) is 6.35. The Morgan fingerprint density at radius 2 is 2.08 bits per heavy atom. The van der Waals surface area contributed by atoms with Crippen molar-refractivity contribution in [1.29, 1.82) is 0 Å². The molecule has 2 aliphatic rings. The summed E-state index contributed by atoms with van der Waals surface area (Å²) in [6, 6.07) is 8.10. The van der Waals surface area contributed by atoms with Crippen molar-refractivity contribution in [3.05, 3.63) is 41.7 Å². The molecule has 2 amide bonds. The standard InChI is InChI=1S/C15H16N6O2S/c1-15(2)10(11-17-19-20-18-11)21-13(23)9(14(21)24-15)16-12(22)8-6-4-3-5-7-8/h3-7,9-10,14H,1-2H3,(H,16,22)(H,17,18,19,20)/t9?,10?,14-/m0/s1. The summed E-state index contributed by atoms with van der Waals surface area (Å²) in [6.07, 6.45) is 0. The number of hydrogen-bond donors (Lipinski definition) is 2. The first kappa shape index (κ1) is 15.1. The van der Waals surface area contributed by atoms with Gasteiger partial charge in [0, 0.05) is 10.3 Å². The van der Waals surface area contributed by atoms with Gasteiger partial charge in [0.05, 0.1) is 0 Å². The quantitative estimate of drug-likeness (QED) is 0.796. The molecular weight excluding hydrogens is 328 g/mol. The highest BCUT2D eigenvalue weighted by molar-refractivity contribution is 8.01. The van der Waals surface area contributed by atoms with Crippen molar-refractivity contribution in [3.63, 3.8) is 0 Å². The first-order valence-corrected chi connectivity index (χ1v) is 8.46. The summed E-state index contributed by atoms with van der Waals surface area (Å²) in [5.74, 6) is 0.142. The van der Waals surface area contributed by atoms with Gasteiger partial charge in [-0.05, 0) is 26.0 Å². The monoisotopic (exact) mass is 344 g/mol. The van der Waals surface area contributed by atoms with Crippen molar-refractivity contribution in [3.8, 4) is 0 Å². The van der Waals surface area contributed by atoms with E-state index in [0.717, 1.165) is 0 Å². The molecule has 3 atom stereocenters. The molecule has 1 aromatic carbocycles. The first-order chi connectivity index (χ1) is 11.5. The highest BCUT2D eigenvalue weighted by Gasteiger charge is 2.63. The molecule has 0 spiro atoms. The number of amides is 2. The van der Waals surface area contributed by atoms with Crippen LogP contribution in [0.3, 0.4) is 0 Å². The number of hydrogen-bond acceptors (Lipinski definition) is 6. The smallest absolute Gasteiger partial charge is 0.252 e. The van der Waals surface area contributed by atoms with E-state index in [4.69, 9.17) is 0 Å². The number of benzene rings is 1. The third kappa shape index (κ3) is 2.19. The van der Waals surface area contributed by atoms with Crippen LogP contribution in [0.1, 0.15) is 36.1 Å². The predicted octanol–water partition coefficient (Wildman–Crippen LogP) is 0.733. The lowest BCUT2D eigenvalue weighted by Gasteiger charge is -2.44. The summed E-state index contributed by atoms with van der Waals surface area (Å²) >= 11 is 1.64. The highest BCUT2D eigenvalue weighted by Crippen LogP contribution is 2.56. The molecule has 9 heteroatoms. The SMILES string of the molecule is CC1(C)S[C@H]2C(NC(=O)c3ccccc3)C(=O)N2C1c1nn[nH]n1. The molecule has 2 fully saturated rings. The van der Waals surface area contributed by atoms with E-state index in [9.17, 15) is 9.59 Å². The number of carbonyl (C=O) groups excluding carboxylic acids is 2. The van der Waals surface area contributed by atoms with Gasteiger partial charge in [-0.3, -0.25) is 9.59 Å². The minimum absolute atomic E-state index is 0.114. The number of rotatable bonds is 3. The van der Waals surface area contributed by atoms with E-state index in [1.807, 2.05) is 19.9 Å². The van der Waals surface area contributed by atoms with E-state index >= 15 is 0 Å². The van der Waals surface area contributed by atoms with E-state index in [-0.39, 0.29) is 28.0 Å². The molecule has 2 N–H and O–H groups in total. The van der Waals surface area contributed by atoms with Crippen LogP contribution in [0.15, 0.2) is 30.3 Å². The summed E-state index contributed by atoms with van der Waals surface area (Å²) in [5, 5.41) is 16.8. The Kier molecular flexibility index (Phi) is 3.34. The van der Waals surface area contributed by atoms with Gasteiger partial charge >= 0.3 is 0 Å². The number of nitrogens with zero attached hydrogens (tertiary/aromatic N) is 4. The van der Waals surface area contributed by atoms with Crippen LogP contribution in [0.25, 0.3) is 0 Å². The van der Waals surface area contributed by atoms with E-state index in [1.54, 1.807) is 40.9 Å². The second-order valence-corrected chi connectivity index (χ2v) is 8.12. The number of aromatic amines is 1. The highest BCUT2D eigenvalue weighted by atomic mass is 32.2. The maximum atomic E-state index is 12.6. The van der Waals surface area contributed by atoms with Crippen LogP contribution in [-0.2, 0) is 4.79 Å². The average molecular weight is 344 g/mol. The molecule has 2 unspecified atom stereocenters. The summed E-state index contributed by atoms with van der Waals surface area (Å²) in [7, 11) is 0. The van der Waals surface area contributed by atoms with Gasteiger partial charge in [-0.25, -0.2) is 0 Å². The minimum atomic E-state index is -0.529. The number of nitrogens with one attached hydrogen (secondary N) is 2. The molecule has 3 heterocycles. The Morgan fingerprint density at radius 3 is 2.75 bits per heavy atom. The van der Waals surface area contributed by atoms with Crippen LogP contribution < -0.4 is 5.32 Å². The molecule has 0 saturated carbocycles. The van der Waals surface area contributed by atoms with Crippen molar-refractivity contribution in [2.24, 2.45) is 0 Å². The molecule has 2 saturated heterocycles. The number of thioether (sulfide) groups is 1. The van der Waals surface area contributed by atoms with Crippen molar-refractivity contribution in [2.45, 2.75) is 36.1 Å². The zero-order valence-electron chi connectivity index (χ0n) is 13.1. The van der Waals surface area contributed by atoms with E-state index in [0.29, 0.717) is 11.4 Å². The molecule has 0 bridgehead atoms. The Balaban J connectivity index is 1.54. The molecule has 124 valence electrons. The van der Waals surface area contributed by atoms with Crippen LogP contribution >= 0.6 is 11.8 Å². The van der Waals surface area contributed by atoms with Crippen LogP contribution in [0.2, 0.25) is 0 Å². The number of β-lactam (4-membered cyclic amide) rings is 1. The van der Waals surface area contributed by atoms with E-state index in [2.05, 4.69) is 25.9 Å². The van der Waals surface area contributed by atoms with Gasteiger partial charge in [-0.2, -0.15) is 5.21 Å². The molecule has 2 aliphatic heterocycles. The van der Waals surface area contributed by atoms with Crippen LogP contribution in [0.5, 0.6) is 0 Å². The molecule has 2 aromatic rings. The van der Waals surface area contributed by atoms with Crippen LogP contribution in [0.4, 0.5) is 0 Å². The van der Waals surface area contributed by atoms with E-state index in [1.165, 1.54) is 0 Å². The number of fused-ring (bicyclic) bond motifs is 1. The first-order valence-electron chi connectivity index (χ1n) is 7.58. The zero-order chi connectivity index (χ0) is 16.9. The van der Waals surface area contributed by atoms with Crippen molar-refractivity contribution < 1.29 is 9.59 Å². The van der Waals surface area contributed by atoms with Crippen LogP contribution in [0, 0.1) is 0 Å². The molecule has 0 radical (unpaired) electrons. The third-order valence-electron chi connectivity index (χ3n) is 4.37. The molecule has 4 rings (SSSR count). The molecule has 24 heavy (non-hydrogen) atoms. The Bertz CT molecular complexity index is 779. The third-order valence-corrected chi connectivity index (χ3v) is 5.94. The lowest BCUT2D eigenvalue weighted by Crippen LogP contribution is -2.67. The maximum Gasteiger partial charge on any atom is 0.252 e. The summed E-state index contributed by atoms with van der Waals surface area (Å²) in [6.45, 7) is 4.08.